The van der Waals surface area contributed by atoms with Crippen molar-refractivity contribution in [1.29, 1.82) is 0 Å². The third-order valence-electron chi connectivity index (χ3n) is 4.39. The quantitative estimate of drug-likeness (QED) is 0.639. The lowest BCUT2D eigenvalue weighted by Crippen LogP contribution is -2.26. The molecule has 0 bridgehead atoms. The van der Waals surface area contributed by atoms with Crippen LogP contribution < -0.4 is 11.1 Å². The topological polar surface area (TPSA) is 64.3 Å². The smallest absolute Gasteiger partial charge is 0.340 e. The molecule has 2 rings (SSSR count). The normalized spacial score (nSPS) is 21.8. The van der Waals surface area contributed by atoms with Crippen LogP contribution in [0.2, 0.25) is 0 Å². The van der Waals surface area contributed by atoms with Gasteiger partial charge >= 0.3 is 5.97 Å². The van der Waals surface area contributed by atoms with Crippen LogP contribution in [0.15, 0.2) is 18.2 Å². The summed E-state index contributed by atoms with van der Waals surface area (Å²) in [6, 6.07) is 5.95. The minimum atomic E-state index is -0.353. The minimum absolute atomic E-state index is 0.353. The summed E-state index contributed by atoms with van der Waals surface area (Å²) in [5.74, 6) is 0.514. The Morgan fingerprint density at radius 3 is 2.62 bits per heavy atom. The van der Waals surface area contributed by atoms with Gasteiger partial charge in [-0.2, -0.15) is 0 Å². The number of para-hydroxylation sites is 1. The Morgan fingerprint density at radius 2 is 2.00 bits per heavy atom. The van der Waals surface area contributed by atoms with Gasteiger partial charge in [0.15, 0.2) is 0 Å². The molecule has 0 atom stereocenters. The number of hydrogen-bond acceptors (Lipinski definition) is 4. The SMILES string of the molecule is CCOC(=O)c1cccc(NC2CCC(CC)CC2)c1N. The molecule has 1 aliphatic rings. The van der Waals surface area contributed by atoms with E-state index >= 15 is 0 Å². The first-order valence-corrected chi connectivity index (χ1v) is 7.97. The average molecular weight is 290 g/mol. The molecule has 3 N–H and O–H groups in total. The molecule has 0 saturated heterocycles. The number of nitrogens with one attached hydrogen (secondary N) is 1. The van der Waals surface area contributed by atoms with E-state index in [1.807, 2.05) is 12.1 Å². The largest absolute Gasteiger partial charge is 0.462 e. The Kier molecular flexibility index (Phi) is 5.48. The maximum atomic E-state index is 11.9. The van der Waals surface area contributed by atoms with E-state index < -0.39 is 0 Å². The number of carbonyl (C=O) groups excluding carboxylic acids is 1. The van der Waals surface area contributed by atoms with Gasteiger partial charge < -0.3 is 15.8 Å². The van der Waals surface area contributed by atoms with Crippen molar-refractivity contribution in [3.8, 4) is 0 Å². The van der Waals surface area contributed by atoms with Crippen molar-refractivity contribution >= 4 is 17.3 Å². The van der Waals surface area contributed by atoms with Crippen LogP contribution in [0.5, 0.6) is 0 Å². The first-order chi connectivity index (χ1) is 10.2. The van der Waals surface area contributed by atoms with Crippen molar-refractivity contribution in [2.75, 3.05) is 17.7 Å². The van der Waals surface area contributed by atoms with E-state index in [2.05, 4.69) is 12.2 Å². The predicted octanol–water partition coefficient (Wildman–Crippen LogP) is 3.83. The first kappa shape index (κ1) is 15.7. The van der Waals surface area contributed by atoms with Crippen LogP contribution in [-0.2, 0) is 4.74 Å². The van der Waals surface area contributed by atoms with Crippen LogP contribution in [0.3, 0.4) is 0 Å². The Bertz CT molecular complexity index is 480. The molecule has 1 saturated carbocycles. The Balaban J connectivity index is 2.04. The van der Waals surface area contributed by atoms with Gasteiger partial charge in [0.2, 0.25) is 0 Å². The summed E-state index contributed by atoms with van der Waals surface area (Å²) in [4.78, 5) is 11.9. The van der Waals surface area contributed by atoms with Crippen molar-refractivity contribution < 1.29 is 9.53 Å². The van der Waals surface area contributed by atoms with E-state index in [-0.39, 0.29) is 5.97 Å². The summed E-state index contributed by atoms with van der Waals surface area (Å²) >= 11 is 0. The molecular formula is C17H26N2O2. The van der Waals surface area contributed by atoms with Gasteiger partial charge in [-0.05, 0) is 50.7 Å². The molecule has 1 aromatic rings. The number of ether oxygens (including phenoxy) is 1. The van der Waals surface area contributed by atoms with Crippen LogP contribution in [0.1, 0.15) is 56.3 Å². The fourth-order valence-corrected chi connectivity index (χ4v) is 3.01. The first-order valence-electron chi connectivity index (χ1n) is 7.97. The van der Waals surface area contributed by atoms with E-state index in [0.717, 1.165) is 11.6 Å². The zero-order valence-electron chi connectivity index (χ0n) is 13.0. The second-order valence-corrected chi connectivity index (χ2v) is 5.76. The third kappa shape index (κ3) is 3.90. The molecule has 1 aliphatic carbocycles. The van der Waals surface area contributed by atoms with Crippen molar-refractivity contribution in [3.05, 3.63) is 23.8 Å². The van der Waals surface area contributed by atoms with E-state index in [0.29, 0.717) is 23.9 Å². The highest BCUT2D eigenvalue weighted by Crippen LogP contribution is 2.31. The van der Waals surface area contributed by atoms with Crippen molar-refractivity contribution in [3.63, 3.8) is 0 Å². The van der Waals surface area contributed by atoms with Gasteiger partial charge in [0, 0.05) is 6.04 Å². The molecule has 0 unspecified atom stereocenters. The second-order valence-electron chi connectivity index (χ2n) is 5.76. The van der Waals surface area contributed by atoms with Gasteiger partial charge in [-0.1, -0.05) is 19.4 Å². The minimum Gasteiger partial charge on any atom is -0.462 e. The molecule has 0 amide bonds. The van der Waals surface area contributed by atoms with Crippen LogP contribution in [-0.4, -0.2) is 18.6 Å². The fraction of sp³-hybridized carbons (Fsp3) is 0.588. The van der Waals surface area contributed by atoms with Gasteiger partial charge in [-0.15, -0.1) is 0 Å². The molecule has 0 aromatic heterocycles. The zero-order valence-corrected chi connectivity index (χ0v) is 13.0. The maximum Gasteiger partial charge on any atom is 0.340 e. The molecule has 4 nitrogen and oxygen atoms in total. The summed E-state index contributed by atoms with van der Waals surface area (Å²) in [5.41, 5.74) is 7.91. The molecule has 1 fully saturated rings. The van der Waals surface area contributed by atoms with Crippen LogP contribution in [0.25, 0.3) is 0 Å². The van der Waals surface area contributed by atoms with Crippen molar-refractivity contribution in [2.45, 2.75) is 52.0 Å². The highest BCUT2D eigenvalue weighted by atomic mass is 16.5. The average Bonchev–Trinajstić information content (AvgIpc) is 2.50. The van der Waals surface area contributed by atoms with Crippen LogP contribution in [0.4, 0.5) is 11.4 Å². The van der Waals surface area contributed by atoms with Crippen LogP contribution in [0, 0.1) is 5.92 Å². The van der Waals surface area contributed by atoms with E-state index in [1.165, 1.54) is 32.1 Å². The molecule has 0 heterocycles. The molecule has 21 heavy (non-hydrogen) atoms. The summed E-state index contributed by atoms with van der Waals surface area (Å²) in [5, 5.41) is 3.50. The number of anilines is 2. The Morgan fingerprint density at radius 1 is 1.29 bits per heavy atom. The Labute approximate surface area is 127 Å². The van der Waals surface area contributed by atoms with Gasteiger partial charge in [-0.3, -0.25) is 0 Å². The van der Waals surface area contributed by atoms with Gasteiger partial charge in [-0.25, -0.2) is 4.79 Å². The summed E-state index contributed by atoms with van der Waals surface area (Å²) in [7, 11) is 0. The Hall–Kier alpha value is -1.71. The lowest BCUT2D eigenvalue weighted by molar-refractivity contribution is 0.0527. The van der Waals surface area contributed by atoms with Gasteiger partial charge in [0.05, 0.1) is 23.5 Å². The number of carbonyl (C=O) groups is 1. The molecule has 1 aromatic carbocycles. The summed E-state index contributed by atoms with van der Waals surface area (Å²) < 4.78 is 5.04. The molecule has 0 aliphatic heterocycles. The predicted molar refractivity (Wildman–Crippen MR) is 86.5 cm³/mol. The lowest BCUT2D eigenvalue weighted by Gasteiger charge is -2.29. The lowest BCUT2D eigenvalue weighted by atomic mass is 9.84. The fourth-order valence-electron chi connectivity index (χ4n) is 3.01. The van der Waals surface area contributed by atoms with Gasteiger partial charge in [0.1, 0.15) is 0 Å². The molecule has 116 valence electrons. The van der Waals surface area contributed by atoms with E-state index in [4.69, 9.17) is 10.5 Å². The maximum absolute atomic E-state index is 11.9. The number of benzene rings is 1. The summed E-state index contributed by atoms with van der Waals surface area (Å²) in [6.07, 6.45) is 6.15. The number of hydrogen-bond donors (Lipinski definition) is 2. The zero-order chi connectivity index (χ0) is 15.2. The number of nitrogen functional groups attached to an aromatic ring is 1. The van der Waals surface area contributed by atoms with E-state index in [9.17, 15) is 4.79 Å². The highest BCUT2D eigenvalue weighted by molar-refractivity contribution is 5.98. The molecule has 0 spiro atoms. The standard InChI is InChI=1S/C17H26N2O2/c1-3-12-8-10-13(11-9-12)19-15-7-5-6-14(16(15)18)17(20)21-4-2/h5-7,12-13,19H,3-4,8-11,18H2,1-2H3. The molecular weight excluding hydrogens is 264 g/mol. The van der Waals surface area contributed by atoms with Gasteiger partial charge in [0.25, 0.3) is 0 Å². The highest BCUT2D eigenvalue weighted by Gasteiger charge is 2.21. The second kappa shape index (κ2) is 7.34. The molecule has 4 heteroatoms. The monoisotopic (exact) mass is 290 g/mol. The van der Waals surface area contributed by atoms with Crippen molar-refractivity contribution in [1.82, 2.24) is 0 Å². The number of nitrogens with two attached hydrogens (primary N) is 1. The van der Waals surface area contributed by atoms with E-state index in [1.54, 1.807) is 13.0 Å². The number of rotatable bonds is 5. The van der Waals surface area contributed by atoms with Crippen molar-refractivity contribution in [2.24, 2.45) is 5.92 Å². The third-order valence-corrected chi connectivity index (χ3v) is 4.39. The number of esters is 1. The molecule has 0 radical (unpaired) electrons. The van der Waals surface area contributed by atoms with Crippen LogP contribution >= 0.6 is 0 Å². The summed E-state index contributed by atoms with van der Waals surface area (Å²) in [6.45, 7) is 4.42.